The highest BCUT2D eigenvalue weighted by Gasteiger charge is 2.30. The van der Waals surface area contributed by atoms with E-state index < -0.39 is 97.5 Å². The SMILES string of the molecule is CCCCCC/C=C\C=C/CCCCCCCC(=O)OC[C@H](COP(=O)(O)OC[C@@H](O)COP(=O)(O)OC[C@@H](COC(=O)CCCCCCCCCCC)OC(=O)CCCCCCCCCCCCCCC)OC(=O)CCCCCCCCCCCCCCCCCCCCCCC. The minimum atomic E-state index is -4.97. The van der Waals surface area contributed by atoms with E-state index in [9.17, 15) is 43.2 Å². The lowest BCUT2D eigenvalue weighted by Crippen LogP contribution is -2.30. The summed E-state index contributed by atoms with van der Waals surface area (Å²) in [6.45, 7) is 4.92. The van der Waals surface area contributed by atoms with E-state index in [-0.39, 0.29) is 25.7 Å². The number of allylic oxidation sites excluding steroid dienone is 4. The molecule has 0 aromatic carbocycles. The molecule has 0 bridgehead atoms. The Morgan fingerprint density at radius 3 is 0.745 bits per heavy atom. The largest absolute Gasteiger partial charge is 0.472 e. The van der Waals surface area contributed by atoms with E-state index in [1.54, 1.807) is 0 Å². The molecular weight excluding hydrogens is 1280 g/mol. The summed E-state index contributed by atoms with van der Waals surface area (Å²) in [7, 11) is -9.92. The van der Waals surface area contributed by atoms with Gasteiger partial charge in [-0.25, -0.2) is 9.13 Å². The van der Waals surface area contributed by atoms with Gasteiger partial charge >= 0.3 is 39.5 Å². The summed E-state index contributed by atoms with van der Waals surface area (Å²) in [5, 5.41) is 10.6. The molecule has 0 fully saturated rings. The molecule has 98 heavy (non-hydrogen) atoms. The molecule has 19 heteroatoms. The monoisotopic (exact) mass is 1430 g/mol. The summed E-state index contributed by atoms with van der Waals surface area (Å²) in [6, 6.07) is 0. The van der Waals surface area contributed by atoms with E-state index >= 15 is 0 Å². The first-order valence-corrected chi connectivity index (χ1v) is 43.6. The molecule has 0 saturated carbocycles. The predicted molar refractivity (Wildman–Crippen MR) is 400 cm³/mol. The first kappa shape index (κ1) is 95.5. The van der Waals surface area contributed by atoms with Crippen LogP contribution in [0, 0.1) is 0 Å². The Kier molecular flexibility index (Phi) is 71.0. The summed E-state index contributed by atoms with van der Waals surface area (Å²) in [6.07, 6.45) is 67.4. The predicted octanol–water partition coefficient (Wildman–Crippen LogP) is 23.3. The molecule has 0 aromatic rings. The molecule has 0 aliphatic carbocycles. The van der Waals surface area contributed by atoms with Crippen molar-refractivity contribution in [2.75, 3.05) is 39.6 Å². The lowest BCUT2D eigenvalue weighted by atomic mass is 10.0. The summed E-state index contributed by atoms with van der Waals surface area (Å²) in [4.78, 5) is 72.8. The summed E-state index contributed by atoms with van der Waals surface area (Å²) in [5.74, 6) is -2.14. The van der Waals surface area contributed by atoms with E-state index in [4.69, 9.17) is 37.0 Å². The van der Waals surface area contributed by atoms with Crippen molar-refractivity contribution in [3.63, 3.8) is 0 Å². The summed E-state index contributed by atoms with van der Waals surface area (Å²) < 4.78 is 68.5. The van der Waals surface area contributed by atoms with E-state index in [2.05, 4.69) is 52.0 Å². The molecule has 0 rings (SSSR count). The zero-order valence-electron chi connectivity index (χ0n) is 63.2. The minimum absolute atomic E-state index is 0.102. The molecule has 578 valence electrons. The van der Waals surface area contributed by atoms with Crippen LogP contribution in [0.4, 0.5) is 0 Å². The van der Waals surface area contributed by atoms with Gasteiger partial charge in [0.1, 0.15) is 19.3 Å². The number of hydrogen-bond acceptors (Lipinski definition) is 15. The molecule has 0 aliphatic rings. The third-order valence-electron chi connectivity index (χ3n) is 18.0. The van der Waals surface area contributed by atoms with Gasteiger partial charge in [0.15, 0.2) is 12.2 Å². The Balaban J connectivity index is 5.23. The van der Waals surface area contributed by atoms with Crippen LogP contribution >= 0.6 is 15.6 Å². The van der Waals surface area contributed by atoms with Gasteiger partial charge in [0, 0.05) is 25.7 Å². The van der Waals surface area contributed by atoms with Crippen LogP contribution in [0.5, 0.6) is 0 Å². The van der Waals surface area contributed by atoms with Gasteiger partial charge in [-0.3, -0.25) is 37.3 Å². The molecule has 0 saturated heterocycles. The zero-order chi connectivity index (χ0) is 71.8. The van der Waals surface area contributed by atoms with Crippen LogP contribution < -0.4 is 0 Å². The van der Waals surface area contributed by atoms with Crippen LogP contribution in [0.1, 0.15) is 400 Å². The van der Waals surface area contributed by atoms with Gasteiger partial charge in [0.2, 0.25) is 0 Å². The second kappa shape index (κ2) is 72.9. The Labute approximate surface area is 599 Å². The third kappa shape index (κ3) is 71.9. The normalized spacial score (nSPS) is 14.0. The van der Waals surface area contributed by atoms with E-state index in [1.165, 1.54) is 212 Å². The van der Waals surface area contributed by atoms with Crippen LogP contribution in [0.2, 0.25) is 0 Å². The van der Waals surface area contributed by atoms with E-state index in [0.717, 1.165) is 109 Å². The van der Waals surface area contributed by atoms with Crippen molar-refractivity contribution in [3.8, 4) is 0 Å². The standard InChI is InChI=1S/C79H150O17P2/c1-5-9-13-17-21-25-28-31-33-34-35-36-37-38-40-43-46-50-54-58-62-66-79(84)96-75(70-90-77(82)64-60-56-52-48-44-42-39-32-29-26-22-18-14-10-6-2)72-94-98(87,88)92-68-73(80)67-91-97(85,86)93-71-74(69-89-76(81)63-59-55-51-47-24-20-16-12-8-4)95-78(83)65-61-57-53-49-45-41-30-27-23-19-15-11-7-3/h26,29,32,39,73-75,80H,5-25,27-28,30-31,33-38,40-72H2,1-4H3,(H,85,86)(H,87,88)/b29-26-,39-32-/t73-,74+,75+/m0/s1. The molecule has 3 N–H and O–H groups in total. The molecule has 0 radical (unpaired) electrons. The number of rotatable bonds is 78. The van der Waals surface area contributed by atoms with Crippen molar-refractivity contribution in [1.29, 1.82) is 0 Å². The molecule has 0 aliphatic heterocycles. The second-order valence-electron chi connectivity index (χ2n) is 27.8. The van der Waals surface area contributed by atoms with E-state index in [0.29, 0.717) is 25.7 Å². The maximum absolute atomic E-state index is 13.1. The van der Waals surface area contributed by atoms with Crippen LogP contribution in [0.15, 0.2) is 24.3 Å². The fraction of sp³-hybridized carbons (Fsp3) is 0.899. The maximum atomic E-state index is 13.1. The Bertz CT molecular complexity index is 1950. The number of carbonyl (C=O) groups is 4. The van der Waals surface area contributed by atoms with Crippen molar-refractivity contribution < 1.29 is 80.2 Å². The fourth-order valence-electron chi connectivity index (χ4n) is 11.7. The number of carbonyl (C=O) groups excluding carboxylic acids is 4. The van der Waals surface area contributed by atoms with Crippen molar-refractivity contribution >= 4 is 39.5 Å². The number of phosphoric ester groups is 2. The summed E-state index contributed by atoms with van der Waals surface area (Å²) in [5.41, 5.74) is 0. The van der Waals surface area contributed by atoms with Gasteiger partial charge in [0.25, 0.3) is 0 Å². The number of unbranched alkanes of at least 4 members (excludes halogenated alkanes) is 49. The number of aliphatic hydroxyl groups excluding tert-OH is 1. The van der Waals surface area contributed by atoms with Crippen LogP contribution in [-0.2, 0) is 65.4 Å². The second-order valence-corrected chi connectivity index (χ2v) is 30.7. The van der Waals surface area contributed by atoms with Crippen LogP contribution in [0.25, 0.3) is 0 Å². The average molecular weight is 1430 g/mol. The van der Waals surface area contributed by atoms with Gasteiger partial charge in [-0.05, 0) is 51.4 Å². The smallest absolute Gasteiger partial charge is 0.462 e. The molecule has 0 amide bonds. The fourth-order valence-corrected chi connectivity index (χ4v) is 13.3. The van der Waals surface area contributed by atoms with Crippen molar-refractivity contribution in [2.24, 2.45) is 0 Å². The lowest BCUT2D eigenvalue weighted by Gasteiger charge is -2.21. The first-order chi connectivity index (χ1) is 47.7. The van der Waals surface area contributed by atoms with E-state index in [1.807, 2.05) is 0 Å². The Hall–Kier alpha value is -2.46. The van der Waals surface area contributed by atoms with Crippen molar-refractivity contribution in [2.45, 2.75) is 418 Å². The minimum Gasteiger partial charge on any atom is -0.462 e. The molecule has 2 unspecified atom stereocenters. The maximum Gasteiger partial charge on any atom is 0.472 e. The Morgan fingerprint density at radius 2 is 0.490 bits per heavy atom. The number of ether oxygens (including phenoxy) is 4. The topological polar surface area (TPSA) is 237 Å². The first-order valence-electron chi connectivity index (χ1n) is 40.6. The van der Waals surface area contributed by atoms with Gasteiger partial charge in [-0.2, -0.15) is 0 Å². The highest BCUT2D eigenvalue weighted by Crippen LogP contribution is 2.45. The van der Waals surface area contributed by atoms with Gasteiger partial charge in [-0.15, -0.1) is 0 Å². The van der Waals surface area contributed by atoms with Gasteiger partial charge in [-0.1, -0.05) is 347 Å². The number of aliphatic hydroxyl groups is 1. The number of phosphoric acid groups is 2. The number of esters is 4. The number of hydrogen-bond donors (Lipinski definition) is 3. The van der Waals surface area contributed by atoms with Crippen molar-refractivity contribution in [1.82, 2.24) is 0 Å². The van der Waals surface area contributed by atoms with Crippen LogP contribution in [-0.4, -0.2) is 96.7 Å². The summed E-state index contributed by atoms with van der Waals surface area (Å²) >= 11 is 0. The van der Waals surface area contributed by atoms with Gasteiger partial charge < -0.3 is 33.8 Å². The molecule has 0 aromatic heterocycles. The molecular formula is C79H150O17P2. The third-order valence-corrected chi connectivity index (χ3v) is 19.9. The highest BCUT2D eigenvalue weighted by atomic mass is 31.2. The highest BCUT2D eigenvalue weighted by molar-refractivity contribution is 7.47. The quantitative estimate of drug-likeness (QED) is 0.0169. The van der Waals surface area contributed by atoms with Gasteiger partial charge in [0.05, 0.1) is 26.4 Å². The molecule has 0 spiro atoms. The lowest BCUT2D eigenvalue weighted by molar-refractivity contribution is -0.161. The zero-order valence-corrected chi connectivity index (χ0v) is 65.0. The molecule has 5 atom stereocenters. The average Bonchev–Trinajstić information content (AvgIpc) is 1.11. The van der Waals surface area contributed by atoms with Crippen LogP contribution in [0.3, 0.4) is 0 Å². The van der Waals surface area contributed by atoms with Crippen molar-refractivity contribution in [3.05, 3.63) is 24.3 Å². The Morgan fingerprint density at radius 1 is 0.286 bits per heavy atom. The molecule has 17 nitrogen and oxygen atoms in total. The molecule has 0 heterocycles.